The van der Waals surface area contributed by atoms with Crippen molar-refractivity contribution in [2.75, 3.05) is 37.4 Å². The topological polar surface area (TPSA) is 67.6 Å². The van der Waals surface area contributed by atoms with Gasteiger partial charge in [0.15, 0.2) is 0 Å². The monoisotopic (exact) mass is 267 g/mol. The summed E-state index contributed by atoms with van der Waals surface area (Å²) in [6, 6.07) is 3.60. The molecule has 1 heterocycles. The number of carbonyl (C=O) groups excluding carboxylic acids is 1. The highest BCUT2D eigenvalue weighted by Crippen LogP contribution is 2.20. The van der Waals surface area contributed by atoms with Crippen LogP contribution in [0, 0.1) is 5.82 Å². The van der Waals surface area contributed by atoms with E-state index in [0.29, 0.717) is 37.7 Å². The number of halogens is 1. The van der Waals surface area contributed by atoms with Crippen LogP contribution in [0.15, 0.2) is 18.2 Å². The molecule has 1 atom stereocenters. The van der Waals surface area contributed by atoms with E-state index in [1.165, 1.54) is 18.2 Å². The Hall–Kier alpha value is -1.82. The fourth-order valence-corrected chi connectivity index (χ4v) is 2.01. The molecule has 0 aliphatic carbocycles. The first-order valence-electron chi connectivity index (χ1n) is 6.26. The number of hydrogen-bond acceptors (Lipinski definition) is 4. The van der Waals surface area contributed by atoms with Crippen molar-refractivity contribution in [3.63, 3.8) is 0 Å². The van der Waals surface area contributed by atoms with Crippen LogP contribution in [-0.4, -0.2) is 43.2 Å². The minimum Gasteiger partial charge on any atom is -0.397 e. The highest BCUT2D eigenvalue weighted by atomic mass is 19.1. The van der Waals surface area contributed by atoms with Gasteiger partial charge in [-0.1, -0.05) is 0 Å². The summed E-state index contributed by atoms with van der Waals surface area (Å²) in [4.78, 5) is 13.9. The molecule has 0 bridgehead atoms. The third-order valence-electron chi connectivity index (χ3n) is 3.08. The summed E-state index contributed by atoms with van der Waals surface area (Å²) in [5, 5.41) is 2.95. The number of ether oxygens (including phenoxy) is 1. The molecule has 1 aromatic carbocycles. The third kappa shape index (κ3) is 3.35. The van der Waals surface area contributed by atoms with E-state index in [0.717, 1.165) is 0 Å². The lowest BCUT2D eigenvalue weighted by molar-refractivity contribution is -0.135. The summed E-state index contributed by atoms with van der Waals surface area (Å²) >= 11 is 0. The number of nitrogens with two attached hydrogens (primary N) is 1. The summed E-state index contributed by atoms with van der Waals surface area (Å²) in [7, 11) is 0. The van der Waals surface area contributed by atoms with Crippen LogP contribution in [0.25, 0.3) is 0 Å². The first-order valence-corrected chi connectivity index (χ1v) is 6.26. The molecule has 1 aliphatic rings. The predicted molar refractivity (Wildman–Crippen MR) is 71.3 cm³/mol. The molecule has 0 radical (unpaired) electrons. The van der Waals surface area contributed by atoms with Gasteiger partial charge in [-0.05, 0) is 25.1 Å². The molecule has 6 heteroatoms. The summed E-state index contributed by atoms with van der Waals surface area (Å²) in [5.74, 6) is -0.422. The summed E-state index contributed by atoms with van der Waals surface area (Å²) in [6.45, 7) is 4.02. The second kappa shape index (κ2) is 5.88. The number of hydrogen-bond donors (Lipinski definition) is 2. The predicted octanol–water partition coefficient (Wildman–Crippen LogP) is 1.07. The van der Waals surface area contributed by atoms with Crippen molar-refractivity contribution in [2.24, 2.45) is 0 Å². The summed E-state index contributed by atoms with van der Waals surface area (Å²) < 4.78 is 18.3. The van der Waals surface area contributed by atoms with E-state index in [4.69, 9.17) is 10.5 Å². The highest BCUT2D eigenvalue weighted by Gasteiger charge is 2.22. The van der Waals surface area contributed by atoms with Gasteiger partial charge in [0.25, 0.3) is 0 Å². The minimum atomic E-state index is -0.456. The number of nitrogen functional groups attached to an aromatic ring is 1. The van der Waals surface area contributed by atoms with Crippen molar-refractivity contribution in [1.82, 2.24) is 4.90 Å². The fraction of sp³-hybridized carbons (Fsp3) is 0.462. The maximum absolute atomic E-state index is 13.1. The number of nitrogens with one attached hydrogen (secondary N) is 1. The molecule has 1 amide bonds. The van der Waals surface area contributed by atoms with Crippen LogP contribution in [0.3, 0.4) is 0 Å². The minimum absolute atomic E-state index is 0.0352. The molecule has 1 saturated heterocycles. The number of anilines is 2. The SMILES string of the molecule is CC(Nc1cc(F)ccc1N)C(=O)N1CCOCC1. The van der Waals surface area contributed by atoms with E-state index in [-0.39, 0.29) is 11.7 Å². The first-order chi connectivity index (χ1) is 9.08. The van der Waals surface area contributed by atoms with E-state index in [1.807, 2.05) is 0 Å². The van der Waals surface area contributed by atoms with E-state index in [2.05, 4.69) is 5.32 Å². The molecular formula is C13H18FN3O2. The van der Waals surface area contributed by atoms with Crippen molar-refractivity contribution in [3.05, 3.63) is 24.0 Å². The second-order valence-electron chi connectivity index (χ2n) is 4.54. The zero-order chi connectivity index (χ0) is 13.8. The Balaban J connectivity index is 2.01. The van der Waals surface area contributed by atoms with E-state index in [9.17, 15) is 9.18 Å². The van der Waals surface area contributed by atoms with Gasteiger partial charge >= 0.3 is 0 Å². The van der Waals surface area contributed by atoms with Gasteiger partial charge in [-0.15, -0.1) is 0 Å². The number of benzene rings is 1. The molecule has 0 saturated carbocycles. The molecule has 1 fully saturated rings. The molecule has 0 spiro atoms. The molecule has 1 unspecified atom stereocenters. The average molecular weight is 267 g/mol. The highest BCUT2D eigenvalue weighted by molar-refractivity contribution is 5.85. The maximum atomic E-state index is 13.1. The number of carbonyl (C=O) groups is 1. The number of amides is 1. The van der Waals surface area contributed by atoms with Crippen molar-refractivity contribution in [1.29, 1.82) is 0 Å². The maximum Gasteiger partial charge on any atom is 0.244 e. The Morgan fingerprint density at radius 1 is 1.47 bits per heavy atom. The van der Waals surface area contributed by atoms with Gasteiger partial charge in [0.2, 0.25) is 5.91 Å². The average Bonchev–Trinajstić information content (AvgIpc) is 2.43. The number of morpholine rings is 1. The van der Waals surface area contributed by atoms with E-state index < -0.39 is 6.04 Å². The molecule has 1 aliphatic heterocycles. The zero-order valence-corrected chi connectivity index (χ0v) is 10.9. The van der Waals surface area contributed by atoms with Gasteiger partial charge < -0.3 is 20.7 Å². The van der Waals surface area contributed by atoms with Crippen LogP contribution in [0.1, 0.15) is 6.92 Å². The number of rotatable bonds is 3. The van der Waals surface area contributed by atoms with Gasteiger partial charge in [0, 0.05) is 13.1 Å². The van der Waals surface area contributed by atoms with Crippen molar-refractivity contribution in [3.8, 4) is 0 Å². The third-order valence-corrected chi connectivity index (χ3v) is 3.08. The van der Waals surface area contributed by atoms with Crippen molar-refractivity contribution < 1.29 is 13.9 Å². The standard InChI is InChI=1S/C13H18FN3O2/c1-9(13(18)17-4-6-19-7-5-17)16-12-8-10(14)2-3-11(12)15/h2-3,8-9,16H,4-7,15H2,1H3. The molecule has 5 nitrogen and oxygen atoms in total. The lowest BCUT2D eigenvalue weighted by Crippen LogP contribution is -2.47. The van der Waals surface area contributed by atoms with Gasteiger partial charge in [0.05, 0.1) is 24.6 Å². The van der Waals surface area contributed by atoms with E-state index >= 15 is 0 Å². The van der Waals surface area contributed by atoms with E-state index in [1.54, 1.807) is 11.8 Å². The smallest absolute Gasteiger partial charge is 0.244 e. The summed E-state index contributed by atoms with van der Waals surface area (Å²) in [6.07, 6.45) is 0. The fourth-order valence-electron chi connectivity index (χ4n) is 2.01. The number of nitrogens with zero attached hydrogens (tertiary/aromatic N) is 1. The van der Waals surface area contributed by atoms with Crippen LogP contribution in [0.2, 0.25) is 0 Å². The molecule has 104 valence electrons. The molecule has 3 N–H and O–H groups in total. The molecular weight excluding hydrogens is 249 g/mol. The normalized spacial score (nSPS) is 17.1. The van der Waals surface area contributed by atoms with Crippen molar-refractivity contribution in [2.45, 2.75) is 13.0 Å². The Morgan fingerprint density at radius 3 is 2.84 bits per heavy atom. The lowest BCUT2D eigenvalue weighted by Gasteiger charge is -2.30. The Morgan fingerprint density at radius 2 is 2.16 bits per heavy atom. The Kier molecular flexibility index (Phi) is 4.21. The summed E-state index contributed by atoms with van der Waals surface area (Å²) in [5.41, 5.74) is 6.60. The van der Waals surface area contributed by atoms with Crippen LogP contribution < -0.4 is 11.1 Å². The van der Waals surface area contributed by atoms with Crippen LogP contribution in [0.5, 0.6) is 0 Å². The quantitative estimate of drug-likeness (QED) is 0.804. The lowest BCUT2D eigenvalue weighted by atomic mass is 10.2. The molecule has 2 rings (SSSR count). The second-order valence-corrected chi connectivity index (χ2v) is 4.54. The van der Waals surface area contributed by atoms with Gasteiger partial charge in [0.1, 0.15) is 11.9 Å². The Bertz CT molecular complexity index is 461. The van der Waals surface area contributed by atoms with Gasteiger partial charge in [-0.25, -0.2) is 4.39 Å². The zero-order valence-electron chi connectivity index (χ0n) is 10.9. The molecule has 19 heavy (non-hydrogen) atoms. The first kappa shape index (κ1) is 13.6. The Labute approximate surface area is 111 Å². The van der Waals surface area contributed by atoms with Gasteiger partial charge in [-0.3, -0.25) is 4.79 Å². The van der Waals surface area contributed by atoms with Crippen LogP contribution in [-0.2, 0) is 9.53 Å². The molecule has 1 aromatic rings. The van der Waals surface area contributed by atoms with Crippen molar-refractivity contribution >= 4 is 17.3 Å². The molecule has 0 aromatic heterocycles. The van der Waals surface area contributed by atoms with Gasteiger partial charge in [-0.2, -0.15) is 0 Å². The largest absolute Gasteiger partial charge is 0.397 e. The van der Waals surface area contributed by atoms with Crippen LogP contribution in [0.4, 0.5) is 15.8 Å². The van der Waals surface area contributed by atoms with Crippen LogP contribution >= 0.6 is 0 Å².